The van der Waals surface area contributed by atoms with Gasteiger partial charge in [0.15, 0.2) is 0 Å². The molecule has 1 aliphatic rings. The first kappa shape index (κ1) is 5.30. The van der Waals surface area contributed by atoms with Crippen molar-refractivity contribution in [2.75, 3.05) is 7.05 Å². The molecule has 2 amide bonds. The van der Waals surface area contributed by atoms with Gasteiger partial charge in [-0.05, 0) is 12.2 Å². The number of carbonyl (C=O) groups is 1. The molecule has 0 bridgehead atoms. The number of thiocarbonyl (C=S) groups is 1. The van der Waals surface area contributed by atoms with Gasteiger partial charge in [-0.2, -0.15) is 0 Å². The van der Waals surface area contributed by atoms with E-state index in [1.807, 2.05) is 0 Å². The zero-order chi connectivity index (χ0) is 6.15. The van der Waals surface area contributed by atoms with E-state index >= 15 is 0 Å². The lowest BCUT2D eigenvalue weighted by molar-refractivity contribution is 0.238. The van der Waals surface area contributed by atoms with E-state index in [-0.39, 0.29) is 5.11 Å². The number of urea groups is 1. The van der Waals surface area contributed by atoms with Crippen molar-refractivity contribution in [2.45, 2.75) is 0 Å². The van der Waals surface area contributed by atoms with Crippen LogP contribution in [0.5, 0.6) is 0 Å². The zero-order valence-corrected chi connectivity index (χ0v) is 4.97. The van der Waals surface area contributed by atoms with Crippen LogP contribution in [0.25, 0.3) is 0 Å². The summed E-state index contributed by atoms with van der Waals surface area (Å²) in [6.07, 6.45) is 0. The smallest absolute Gasteiger partial charge is 0.268 e. The van der Waals surface area contributed by atoms with E-state index in [9.17, 15) is 4.79 Å². The van der Waals surface area contributed by atoms with Gasteiger partial charge in [0.2, 0.25) is 5.11 Å². The molecular formula is C3H3N3OS. The molecule has 1 rings (SSSR count). The molecule has 0 aromatic rings. The minimum Gasteiger partial charge on any atom is -0.268 e. The Hall–Kier alpha value is -0.840. The second kappa shape index (κ2) is 1.59. The highest BCUT2D eigenvalue weighted by Gasteiger charge is 2.17. The first-order valence-electron chi connectivity index (χ1n) is 1.95. The van der Waals surface area contributed by atoms with Crippen LogP contribution in [-0.2, 0) is 0 Å². The first-order chi connectivity index (χ1) is 3.72. The lowest BCUT2D eigenvalue weighted by Gasteiger charge is -1.99. The van der Waals surface area contributed by atoms with E-state index in [4.69, 9.17) is 0 Å². The quantitative estimate of drug-likeness (QED) is 0.454. The number of carbonyl (C=O) groups excluding carboxylic acids is 1. The first-order valence-corrected chi connectivity index (χ1v) is 2.36. The average molecular weight is 129 g/mol. The monoisotopic (exact) mass is 129 g/mol. The Kier molecular flexibility index (Phi) is 1.05. The summed E-state index contributed by atoms with van der Waals surface area (Å²) in [5.74, 6) is 0. The van der Waals surface area contributed by atoms with E-state index in [2.05, 4.69) is 22.4 Å². The van der Waals surface area contributed by atoms with Crippen LogP contribution in [-0.4, -0.2) is 23.1 Å². The fourth-order valence-electron chi connectivity index (χ4n) is 0.302. The predicted molar refractivity (Wildman–Crippen MR) is 30.6 cm³/mol. The van der Waals surface area contributed by atoms with Crippen LogP contribution in [0, 0.1) is 0 Å². The SMILES string of the molecule is CN1C(=O)N=NC1=S. The van der Waals surface area contributed by atoms with Crippen molar-refractivity contribution >= 4 is 23.4 Å². The van der Waals surface area contributed by atoms with E-state index in [1.54, 1.807) is 0 Å². The molecule has 1 heterocycles. The molecule has 42 valence electrons. The summed E-state index contributed by atoms with van der Waals surface area (Å²) in [5.41, 5.74) is 0. The number of hydrogen-bond donors (Lipinski definition) is 0. The van der Waals surface area contributed by atoms with Gasteiger partial charge in [0.25, 0.3) is 0 Å². The lowest BCUT2D eigenvalue weighted by Crippen LogP contribution is -2.21. The Balaban J connectivity index is 2.84. The fraction of sp³-hybridized carbons (Fsp3) is 0.333. The molecular weight excluding hydrogens is 126 g/mol. The van der Waals surface area contributed by atoms with Crippen molar-refractivity contribution in [3.8, 4) is 0 Å². The lowest BCUT2D eigenvalue weighted by atomic mass is 10.8. The molecule has 0 aliphatic carbocycles. The summed E-state index contributed by atoms with van der Waals surface area (Å²) >= 11 is 4.56. The Morgan fingerprint density at radius 1 is 1.62 bits per heavy atom. The van der Waals surface area contributed by atoms with Crippen LogP contribution in [0.3, 0.4) is 0 Å². The van der Waals surface area contributed by atoms with Gasteiger partial charge < -0.3 is 0 Å². The van der Waals surface area contributed by atoms with Crippen LogP contribution in [0.15, 0.2) is 10.2 Å². The Morgan fingerprint density at radius 3 is 2.38 bits per heavy atom. The highest BCUT2D eigenvalue weighted by Crippen LogP contribution is 2.02. The molecule has 5 heteroatoms. The third-order valence-corrected chi connectivity index (χ3v) is 1.15. The molecule has 0 N–H and O–H groups in total. The van der Waals surface area contributed by atoms with Gasteiger partial charge in [-0.3, -0.25) is 4.90 Å². The van der Waals surface area contributed by atoms with E-state index < -0.39 is 6.03 Å². The summed E-state index contributed by atoms with van der Waals surface area (Å²) in [6.45, 7) is 0. The molecule has 0 spiro atoms. The van der Waals surface area contributed by atoms with Crippen molar-refractivity contribution in [3.63, 3.8) is 0 Å². The van der Waals surface area contributed by atoms with Crippen LogP contribution in [0.2, 0.25) is 0 Å². The second-order valence-electron chi connectivity index (χ2n) is 1.32. The van der Waals surface area contributed by atoms with E-state index in [1.165, 1.54) is 11.9 Å². The summed E-state index contributed by atoms with van der Waals surface area (Å²) in [6, 6.07) is -0.394. The van der Waals surface area contributed by atoms with Gasteiger partial charge in [-0.25, -0.2) is 4.79 Å². The van der Waals surface area contributed by atoms with E-state index in [0.29, 0.717) is 0 Å². The maximum absolute atomic E-state index is 10.4. The predicted octanol–water partition coefficient (Wildman–Crippen LogP) is 0.789. The molecule has 0 saturated carbocycles. The molecule has 0 atom stereocenters. The van der Waals surface area contributed by atoms with Crippen LogP contribution in [0.1, 0.15) is 0 Å². The highest BCUT2D eigenvalue weighted by atomic mass is 32.1. The molecule has 0 aromatic carbocycles. The van der Waals surface area contributed by atoms with Gasteiger partial charge in [0.05, 0.1) is 0 Å². The van der Waals surface area contributed by atoms with Crippen LogP contribution >= 0.6 is 12.2 Å². The topological polar surface area (TPSA) is 45.0 Å². The summed E-state index contributed by atoms with van der Waals surface area (Å²) in [4.78, 5) is 11.6. The fourth-order valence-corrected chi connectivity index (χ4v) is 0.420. The van der Waals surface area contributed by atoms with E-state index in [0.717, 1.165) is 0 Å². The Bertz CT molecular complexity index is 157. The van der Waals surface area contributed by atoms with Crippen molar-refractivity contribution in [3.05, 3.63) is 0 Å². The van der Waals surface area contributed by atoms with Gasteiger partial charge in [0, 0.05) is 7.05 Å². The number of hydrogen-bond acceptors (Lipinski definition) is 2. The summed E-state index contributed by atoms with van der Waals surface area (Å²) < 4.78 is 0. The molecule has 0 radical (unpaired) electrons. The number of azo groups is 1. The number of amides is 2. The molecule has 8 heavy (non-hydrogen) atoms. The van der Waals surface area contributed by atoms with Gasteiger partial charge in [-0.15, -0.1) is 5.11 Å². The van der Waals surface area contributed by atoms with Crippen molar-refractivity contribution in [1.29, 1.82) is 0 Å². The van der Waals surface area contributed by atoms with Crippen LogP contribution in [0.4, 0.5) is 4.79 Å². The molecule has 0 fully saturated rings. The van der Waals surface area contributed by atoms with Crippen molar-refractivity contribution < 1.29 is 4.79 Å². The van der Waals surface area contributed by atoms with Gasteiger partial charge in [-0.1, -0.05) is 5.11 Å². The standard InChI is InChI=1S/C3H3N3OS/c1-6-2(7)4-5-3(6)8/h1H3. The number of rotatable bonds is 0. The largest absolute Gasteiger partial charge is 0.368 e. The molecule has 4 nitrogen and oxygen atoms in total. The summed E-state index contributed by atoms with van der Waals surface area (Å²) in [5, 5.41) is 6.73. The third kappa shape index (κ3) is 0.604. The molecule has 0 aromatic heterocycles. The van der Waals surface area contributed by atoms with Gasteiger partial charge in [0.1, 0.15) is 0 Å². The van der Waals surface area contributed by atoms with Crippen molar-refractivity contribution in [2.24, 2.45) is 10.2 Å². The number of nitrogens with zero attached hydrogens (tertiary/aromatic N) is 3. The molecule has 0 saturated heterocycles. The zero-order valence-electron chi connectivity index (χ0n) is 4.16. The maximum Gasteiger partial charge on any atom is 0.368 e. The molecule has 0 unspecified atom stereocenters. The Morgan fingerprint density at radius 2 is 2.25 bits per heavy atom. The second-order valence-corrected chi connectivity index (χ2v) is 1.69. The van der Waals surface area contributed by atoms with Crippen molar-refractivity contribution in [1.82, 2.24) is 4.90 Å². The highest BCUT2D eigenvalue weighted by molar-refractivity contribution is 7.80. The normalized spacial score (nSPS) is 18.4. The minimum atomic E-state index is -0.394. The average Bonchev–Trinajstić information content (AvgIpc) is 1.98. The maximum atomic E-state index is 10.4. The van der Waals surface area contributed by atoms with Crippen LogP contribution < -0.4 is 0 Å². The summed E-state index contributed by atoms with van der Waals surface area (Å²) in [7, 11) is 1.53. The van der Waals surface area contributed by atoms with Gasteiger partial charge >= 0.3 is 6.03 Å². The minimum absolute atomic E-state index is 0.231. The Labute approximate surface area is 51.2 Å². The molecule has 1 aliphatic heterocycles. The third-order valence-electron chi connectivity index (χ3n) is 0.795.